The summed E-state index contributed by atoms with van der Waals surface area (Å²) in [6, 6.07) is 6.97. The van der Waals surface area contributed by atoms with Crippen LogP contribution in [-0.4, -0.2) is 84.7 Å². The van der Waals surface area contributed by atoms with Crippen LogP contribution < -0.4 is 23.8 Å². The SMILES string of the molecule is COc1cc2c(cc1OCCCCCOc1cc3c(cc1OC)C(=O)N1C=C(C)C[C@@]1(C)[C@H](O)N3C)N=C[C@]1(C)CC(C)=CN1C2=O. The van der Waals surface area contributed by atoms with Crippen LogP contribution in [0.15, 0.2) is 52.8 Å². The highest BCUT2D eigenvalue weighted by Gasteiger charge is 2.50. The van der Waals surface area contributed by atoms with E-state index >= 15 is 0 Å². The van der Waals surface area contributed by atoms with Gasteiger partial charge in [-0.1, -0.05) is 11.1 Å². The first-order chi connectivity index (χ1) is 22.4. The number of likely N-dealkylation sites (N-methyl/N-ethyl adjacent to an activating group) is 1. The standard InChI is InChI=1S/C36H44N4O7/c1-22-17-35(3)21-37-26-15-30(28(44-6)13-24(26)32(41)39(35)19-22)46-11-9-8-10-12-47-31-16-27-25(14-29(31)45-7)33(42)40-20-23(2)18-36(40,4)34(43)38(27)5/h13-16,19-21,34,43H,8-12,17-18H2,1-7H3/t34-,35-,36-/m0/s1. The molecule has 0 aromatic heterocycles. The van der Waals surface area contributed by atoms with Gasteiger partial charge in [-0.15, -0.1) is 0 Å². The summed E-state index contributed by atoms with van der Waals surface area (Å²) in [6.45, 7) is 8.79. The third-order valence-corrected chi connectivity index (χ3v) is 9.62. The minimum absolute atomic E-state index is 0.107. The van der Waals surface area contributed by atoms with Crippen LogP contribution in [0.4, 0.5) is 11.4 Å². The van der Waals surface area contributed by atoms with Gasteiger partial charge in [0.15, 0.2) is 29.2 Å². The van der Waals surface area contributed by atoms with E-state index < -0.39 is 17.3 Å². The van der Waals surface area contributed by atoms with Gasteiger partial charge in [0.25, 0.3) is 11.8 Å². The lowest BCUT2D eigenvalue weighted by molar-refractivity contribution is 0.0187. The number of benzene rings is 2. The molecular weight excluding hydrogens is 600 g/mol. The number of aliphatic imine (C=N–C) groups is 1. The van der Waals surface area contributed by atoms with Gasteiger partial charge in [0.05, 0.1) is 61.0 Å². The maximum absolute atomic E-state index is 13.6. The van der Waals surface area contributed by atoms with E-state index in [1.165, 1.54) is 0 Å². The molecule has 0 saturated carbocycles. The van der Waals surface area contributed by atoms with Crippen molar-refractivity contribution in [2.75, 3.05) is 39.4 Å². The number of amides is 2. The molecule has 250 valence electrons. The lowest BCUT2D eigenvalue weighted by Gasteiger charge is -2.40. The number of hydrogen-bond donors (Lipinski definition) is 1. The Morgan fingerprint density at radius 2 is 1.38 bits per heavy atom. The fourth-order valence-electron chi connectivity index (χ4n) is 7.18. The Bertz CT molecular complexity index is 1700. The predicted molar refractivity (Wildman–Crippen MR) is 179 cm³/mol. The predicted octanol–water partition coefficient (Wildman–Crippen LogP) is 5.83. The summed E-state index contributed by atoms with van der Waals surface area (Å²) in [5, 5.41) is 11.3. The van der Waals surface area contributed by atoms with E-state index in [4.69, 9.17) is 18.9 Å². The topological polar surface area (TPSA) is 113 Å². The second kappa shape index (κ2) is 12.3. The molecular formula is C36H44N4O7. The first-order valence-electron chi connectivity index (χ1n) is 16.1. The van der Waals surface area contributed by atoms with Gasteiger partial charge in [-0.05, 0) is 71.9 Å². The molecule has 0 unspecified atom stereocenters. The van der Waals surface area contributed by atoms with Crippen LogP contribution in [0.3, 0.4) is 0 Å². The van der Waals surface area contributed by atoms with Gasteiger partial charge in [0.2, 0.25) is 0 Å². The highest BCUT2D eigenvalue weighted by atomic mass is 16.5. The maximum atomic E-state index is 13.6. The van der Waals surface area contributed by atoms with Crippen molar-refractivity contribution in [3.05, 3.63) is 58.9 Å². The number of ether oxygens (including phenoxy) is 4. The van der Waals surface area contributed by atoms with Crippen molar-refractivity contribution in [3.8, 4) is 23.0 Å². The Morgan fingerprint density at radius 3 is 2.04 bits per heavy atom. The molecule has 11 nitrogen and oxygen atoms in total. The van der Waals surface area contributed by atoms with Crippen LogP contribution >= 0.6 is 0 Å². The Kier molecular flexibility index (Phi) is 8.46. The highest BCUT2D eigenvalue weighted by Crippen LogP contribution is 2.45. The minimum Gasteiger partial charge on any atom is -0.493 e. The van der Waals surface area contributed by atoms with Gasteiger partial charge in [0, 0.05) is 37.8 Å². The van der Waals surface area contributed by atoms with E-state index in [2.05, 4.69) is 4.99 Å². The number of aliphatic hydroxyl groups is 1. The second-order valence-electron chi connectivity index (χ2n) is 13.4. The van der Waals surface area contributed by atoms with Crippen LogP contribution in [0.2, 0.25) is 0 Å². The lowest BCUT2D eigenvalue weighted by Crippen LogP contribution is -2.56. The van der Waals surface area contributed by atoms with Crippen LogP contribution in [-0.2, 0) is 0 Å². The first-order valence-corrected chi connectivity index (χ1v) is 16.1. The van der Waals surface area contributed by atoms with Gasteiger partial charge in [0.1, 0.15) is 0 Å². The number of unbranched alkanes of at least 4 members (excludes halogenated alkanes) is 2. The summed E-state index contributed by atoms with van der Waals surface area (Å²) in [5.41, 5.74) is 3.01. The van der Waals surface area contributed by atoms with Crippen LogP contribution in [0, 0.1) is 0 Å². The Labute approximate surface area is 276 Å². The number of hydrogen-bond acceptors (Lipinski definition) is 9. The van der Waals surface area contributed by atoms with Crippen molar-refractivity contribution < 1.29 is 33.6 Å². The molecule has 2 aromatic rings. The Balaban J connectivity index is 1.06. The highest BCUT2D eigenvalue weighted by molar-refractivity contribution is 6.05. The number of nitrogens with zero attached hydrogens (tertiary/aromatic N) is 4. The quantitative estimate of drug-likeness (QED) is 0.322. The summed E-state index contributed by atoms with van der Waals surface area (Å²) in [5.74, 6) is 1.72. The van der Waals surface area contributed by atoms with E-state index in [-0.39, 0.29) is 11.8 Å². The maximum Gasteiger partial charge on any atom is 0.260 e. The second-order valence-corrected chi connectivity index (χ2v) is 13.4. The fraction of sp³-hybridized carbons (Fsp3) is 0.472. The number of anilines is 1. The first kappa shape index (κ1) is 32.4. The Hall–Kier alpha value is -4.51. The molecule has 0 bridgehead atoms. The van der Waals surface area contributed by atoms with Crippen molar-refractivity contribution in [3.63, 3.8) is 0 Å². The molecule has 0 saturated heterocycles. The molecule has 2 aromatic carbocycles. The van der Waals surface area contributed by atoms with Crippen molar-refractivity contribution >= 4 is 29.4 Å². The normalized spacial score (nSPS) is 24.5. The summed E-state index contributed by atoms with van der Waals surface area (Å²) >= 11 is 0. The molecule has 6 rings (SSSR count). The largest absolute Gasteiger partial charge is 0.493 e. The number of aliphatic hydroxyl groups excluding tert-OH is 1. The number of methoxy groups -OCH3 is 2. The summed E-state index contributed by atoms with van der Waals surface area (Å²) in [7, 11) is 4.91. The number of carbonyl (C=O) groups excluding carboxylic acids is 2. The zero-order chi connectivity index (χ0) is 33.7. The minimum atomic E-state index is -0.907. The van der Waals surface area contributed by atoms with Gasteiger partial charge >= 0.3 is 0 Å². The van der Waals surface area contributed by atoms with E-state index in [0.29, 0.717) is 65.1 Å². The molecule has 3 atom stereocenters. The van der Waals surface area contributed by atoms with Gasteiger partial charge < -0.3 is 38.8 Å². The third kappa shape index (κ3) is 5.60. The molecule has 4 aliphatic rings. The molecule has 4 aliphatic heterocycles. The number of fused-ring (bicyclic) bond motifs is 4. The van der Waals surface area contributed by atoms with E-state index in [9.17, 15) is 14.7 Å². The molecule has 0 radical (unpaired) electrons. The molecule has 4 heterocycles. The monoisotopic (exact) mass is 644 g/mol. The van der Waals surface area contributed by atoms with Crippen molar-refractivity contribution in [2.24, 2.45) is 4.99 Å². The van der Waals surface area contributed by atoms with Gasteiger partial charge in [-0.3, -0.25) is 14.6 Å². The van der Waals surface area contributed by atoms with Crippen molar-refractivity contribution in [1.29, 1.82) is 0 Å². The number of rotatable bonds is 10. The van der Waals surface area contributed by atoms with E-state index in [1.807, 2.05) is 46.3 Å². The average Bonchev–Trinajstić information content (AvgIpc) is 3.50. The Morgan fingerprint density at radius 1 is 0.809 bits per heavy atom. The molecule has 0 aliphatic carbocycles. The van der Waals surface area contributed by atoms with Gasteiger partial charge in [-0.25, -0.2) is 0 Å². The third-order valence-electron chi connectivity index (χ3n) is 9.62. The van der Waals surface area contributed by atoms with Crippen LogP contribution in [0.25, 0.3) is 0 Å². The zero-order valence-corrected chi connectivity index (χ0v) is 28.3. The smallest absolute Gasteiger partial charge is 0.260 e. The number of carbonyl (C=O) groups is 2. The zero-order valence-electron chi connectivity index (χ0n) is 28.3. The van der Waals surface area contributed by atoms with Gasteiger partial charge in [-0.2, -0.15) is 0 Å². The van der Waals surface area contributed by atoms with E-state index in [0.717, 1.165) is 36.8 Å². The molecule has 0 spiro atoms. The molecule has 1 N–H and O–H groups in total. The molecule has 0 fully saturated rings. The summed E-state index contributed by atoms with van der Waals surface area (Å²) in [4.78, 5) is 36.8. The summed E-state index contributed by atoms with van der Waals surface area (Å²) < 4.78 is 23.4. The molecule has 47 heavy (non-hydrogen) atoms. The van der Waals surface area contributed by atoms with Crippen LogP contribution in [0.1, 0.15) is 80.5 Å². The van der Waals surface area contributed by atoms with Crippen molar-refractivity contribution in [1.82, 2.24) is 9.80 Å². The molecule has 11 heteroatoms. The fourth-order valence-corrected chi connectivity index (χ4v) is 7.18. The van der Waals surface area contributed by atoms with Crippen LogP contribution in [0.5, 0.6) is 23.0 Å². The lowest BCUT2D eigenvalue weighted by atomic mass is 9.93. The van der Waals surface area contributed by atoms with E-state index in [1.54, 1.807) is 60.2 Å². The summed E-state index contributed by atoms with van der Waals surface area (Å²) in [6.07, 6.45) is 8.37. The average molecular weight is 645 g/mol. The molecule has 2 amide bonds. The van der Waals surface area contributed by atoms with Crippen molar-refractivity contribution in [2.45, 2.75) is 77.1 Å².